The zero-order chi connectivity index (χ0) is 33.7. The molecule has 0 saturated carbocycles. The van der Waals surface area contributed by atoms with E-state index in [1.54, 1.807) is 0 Å². The van der Waals surface area contributed by atoms with Crippen molar-refractivity contribution in [1.29, 1.82) is 0 Å². The normalized spacial score (nSPS) is 26.5. The summed E-state index contributed by atoms with van der Waals surface area (Å²) >= 11 is 2.00. The van der Waals surface area contributed by atoms with Crippen molar-refractivity contribution in [2.24, 2.45) is 0 Å². The van der Waals surface area contributed by atoms with Crippen molar-refractivity contribution in [2.75, 3.05) is 44.2 Å². The number of thioether (sulfide) groups is 1. The summed E-state index contributed by atoms with van der Waals surface area (Å²) in [7, 11) is 0. The molecule has 16 heteroatoms. The number of ether oxygens (including phenoxy) is 1. The number of unbranched alkanes of at least 4 members (excludes halogenated alkanes) is 7. The third-order valence-electron chi connectivity index (χ3n) is 9.49. The van der Waals surface area contributed by atoms with Gasteiger partial charge in [-0.3, -0.25) is 9.36 Å². The van der Waals surface area contributed by atoms with Crippen molar-refractivity contribution >= 4 is 40.7 Å². The van der Waals surface area contributed by atoms with Crippen molar-refractivity contribution in [1.82, 2.24) is 46.1 Å². The highest BCUT2D eigenvalue weighted by atomic mass is 32.2. The van der Waals surface area contributed by atoms with Gasteiger partial charge in [-0.2, -0.15) is 11.8 Å². The largest absolute Gasteiger partial charge is 0.387 e. The van der Waals surface area contributed by atoms with Crippen LogP contribution in [-0.2, 0) is 9.53 Å². The third-order valence-corrected chi connectivity index (χ3v) is 11.0. The first kappa shape index (κ1) is 36.5. The number of anilines is 1. The molecular formula is C32H54N10O5S. The van der Waals surface area contributed by atoms with E-state index in [4.69, 9.17) is 10.5 Å². The molecule has 2 aromatic heterocycles. The van der Waals surface area contributed by atoms with Gasteiger partial charge < -0.3 is 47.3 Å². The highest BCUT2D eigenvalue weighted by Gasteiger charge is 2.44. The average Bonchev–Trinajstić information content (AvgIpc) is 3.83. The summed E-state index contributed by atoms with van der Waals surface area (Å²) in [6, 6.07) is 0.654. The Morgan fingerprint density at radius 1 is 0.938 bits per heavy atom. The molecule has 9 N–H and O–H groups in total. The maximum Gasteiger partial charge on any atom is 0.315 e. The molecule has 48 heavy (non-hydrogen) atoms. The van der Waals surface area contributed by atoms with Crippen molar-refractivity contribution < 1.29 is 24.5 Å². The Morgan fingerprint density at radius 2 is 1.62 bits per heavy atom. The van der Waals surface area contributed by atoms with Crippen LogP contribution in [0.2, 0.25) is 0 Å². The number of aromatic nitrogens is 4. The Kier molecular flexibility index (Phi) is 14.3. The number of rotatable bonds is 22. The summed E-state index contributed by atoms with van der Waals surface area (Å²) in [4.78, 5) is 36.1. The van der Waals surface area contributed by atoms with Gasteiger partial charge in [0, 0.05) is 24.0 Å². The SMILES string of the molecule is Nc1ncnc2c1ncn2[C@@H]1O[C@H](CNC(=O)CCCCCNCCCCCCNCCCCC[C@@H]2SC[C@@H]3NC(=O)N[C@@H]32)[C@@H](O)[C@H]1O. The van der Waals surface area contributed by atoms with Crippen molar-refractivity contribution in [2.45, 2.75) is 119 Å². The van der Waals surface area contributed by atoms with E-state index in [9.17, 15) is 19.8 Å². The monoisotopic (exact) mass is 690 g/mol. The lowest BCUT2D eigenvalue weighted by molar-refractivity contribution is -0.122. The van der Waals surface area contributed by atoms with E-state index >= 15 is 0 Å². The number of amides is 3. The summed E-state index contributed by atoms with van der Waals surface area (Å²) < 4.78 is 7.39. The molecule has 0 radical (unpaired) electrons. The van der Waals surface area contributed by atoms with Gasteiger partial charge in [0.15, 0.2) is 17.7 Å². The van der Waals surface area contributed by atoms with Crippen LogP contribution in [0.5, 0.6) is 0 Å². The minimum Gasteiger partial charge on any atom is -0.387 e. The van der Waals surface area contributed by atoms with Crippen LogP contribution in [-0.4, -0.2) is 116 Å². The Labute approximate surface area is 286 Å². The third kappa shape index (κ3) is 10.1. The van der Waals surface area contributed by atoms with Gasteiger partial charge in [-0.1, -0.05) is 32.1 Å². The summed E-state index contributed by atoms with van der Waals surface area (Å²) in [5.74, 6) is 1.15. The Hall–Kier alpha value is -2.76. The molecule has 0 bridgehead atoms. The highest BCUT2D eigenvalue weighted by Crippen LogP contribution is 2.33. The molecule has 0 aliphatic carbocycles. The quantitative estimate of drug-likeness (QED) is 0.0646. The van der Waals surface area contributed by atoms with E-state index in [1.807, 2.05) is 11.8 Å². The Balaban J connectivity index is 0.783. The number of aliphatic hydroxyl groups is 2. The molecule has 3 fully saturated rings. The molecule has 5 rings (SSSR count). The second-order valence-electron chi connectivity index (χ2n) is 13.1. The van der Waals surface area contributed by atoms with E-state index in [1.165, 1.54) is 68.6 Å². The fourth-order valence-electron chi connectivity index (χ4n) is 6.72. The number of imidazole rings is 1. The van der Waals surface area contributed by atoms with Gasteiger partial charge in [0.25, 0.3) is 0 Å². The molecule has 0 spiro atoms. The number of nitrogen functional groups attached to an aromatic ring is 1. The number of hydrogen-bond acceptors (Lipinski definition) is 12. The van der Waals surface area contributed by atoms with Gasteiger partial charge in [0.1, 0.15) is 30.2 Å². The number of carbonyl (C=O) groups excluding carboxylic acids is 2. The summed E-state index contributed by atoms with van der Waals surface area (Å²) in [5, 5.41) is 37.7. The number of carbonyl (C=O) groups is 2. The predicted molar refractivity (Wildman–Crippen MR) is 185 cm³/mol. The number of nitrogens with one attached hydrogen (secondary N) is 5. The molecule has 5 heterocycles. The van der Waals surface area contributed by atoms with Crippen LogP contribution in [0, 0.1) is 0 Å². The van der Waals surface area contributed by atoms with Crippen molar-refractivity contribution in [3.8, 4) is 0 Å². The molecular weight excluding hydrogens is 636 g/mol. The average molecular weight is 691 g/mol. The molecule has 268 valence electrons. The first-order chi connectivity index (χ1) is 23.4. The van der Waals surface area contributed by atoms with Crippen LogP contribution in [0.4, 0.5) is 10.6 Å². The molecule has 3 aliphatic rings. The van der Waals surface area contributed by atoms with Gasteiger partial charge >= 0.3 is 6.03 Å². The molecule has 7 atom stereocenters. The summed E-state index contributed by atoms with van der Waals surface area (Å²) in [5.41, 5.74) is 6.63. The van der Waals surface area contributed by atoms with Gasteiger partial charge in [0.05, 0.1) is 18.4 Å². The number of urea groups is 1. The molecule has 3 saturated heterocycles. The molecule has 2 aromatic rings. The smallest absolute Gasteiger partial charge is 0.315 e. The fourth-order valence-corrected chi connectivity index (χ4v) is 8.26. The number of fused-ring (bicyclic) bond motifs is 2. The van der Waals surface area contributed by atoms with E-state index in [-0.39, 0.29) is 24.3 Å². The maximum atomic E-state index is 12.4. The van der Waals surface area contributed by atoms with Crippen molar-refractivity contribution in [3.05, 3.63) is 12.7 Å². The maximum absolute atomic E-state index is 12.4. The van der Waals surface area contributed by atoms with Crippen LogP contribution in [0.25, 0.3) is 11.2 Å². The summed E-state index contributed by atoms with van der Waals surface area (Å²) in [6.07, 6.45) is 11.6. The molecule has 3 amide bonds. The molecule has 3 aliphatic heterocycles. The second-order valence-corrected chi connectivity index (χ2v) is 14.4. The zero-order valence-electron chi connectivity index (χ0n) is 27.8. The van der Waals surface area contributed by atoms with E-state index in [2.05, 4.69) is 41.5 Å². The predicted octanol–water partition coefficient (Wildman–Crippen LogP) is 1.17. The summed E-state index contributed by atoms with van der Waals surface area (Å²) in [6.45, 7) is 4.26. The number of nitrogens with two attached hydrogens (primary N) is 1. The first-order valence-corrected chi connectivity index (χ1v) is 18.8. The Bertz CT molecular complexity index is 1300. The Morgan fingerprint density at radius 3 is 2.35 bits per heavy atom. The van der Waals surface area contributed by atoms with E-state index in [0.29, 0.717) is 34.9 Å². The number of hydrogen-bond donors (Lipinski definition) is 8. The van der Waals surface area contributed by atoms with Crippen molar-refractivity contribution in [3.63, 3.8) is 0 Å². The fraction of sp³-hybridized carbons (Fsp3) is 0.781. The van der Waals surface area contributed by atoms with Gasteiger partial charge in [-0.25, -0.2) is 19.7 Å². The molecule has 0 unspecified atom stereocenters. The van der Waals surface area contributed by atoms with Crippen LogP contribution in [0.1, 0.15) is 83.3 Å². The standard InChI is InChI=1S/C32H54N10O5S/c33-29-26-30(38-19-37-29)42(20-39-26)31-28(45)27(44)22(47-31)17-36-24(43)12-6-4-10-16-35-14-8-2-1-7-13-34-15-9-3-5-11-23-25-21(18-48-23)40-32(46)41-25/h19-23,25,27-28,31,34-35,44-45H,1-18H2,(H,36,43)(H2,33,37,38)(H2,40,41,46)/t21-,22+,23-,25-,27+,28+,31+/m0/s1. The minimum absolute atomic E-state index is 0.00228. The van der Waals surface area contributed by atoms with Gasteiger partial charge in [-0.05, 0) is 64.7 Å². The lowest BCUT2D eigenvalue weighted by Crippen LogP contribution is -2.39. The van der Waals surface area contributed by atoms with Gasteiger partial charge in [0.2, 0.25) is 5.91 Å². The van der Waals surface area contributed by atoms with Crippen LogP contribution in [0.15, 0.2) is 12.7 Å². The number of aliphatic hydroxyl groups excluding tert-OH is 2. The van der Waals surface area contributed by atoms with Crippen LogP contribution >= 0.6 is 11.8 Å². The lowest BCUT2D eigenvalue weighted by Gasteiger charge is -2.16. The molecule has 15 nitrogen and oxygen atoms in total. The highest BCUT2D eigenvalue weighted by molar-refractivity contribution is 8.00. The topological polar surface area (TPSA) is 214 Å². The van der Waals surface area contributed by atoms with E-state index in [0.717, 1.165) is 51.2 Å². The van der Waals surface area contributed by atoms with E-state index < -0.39 is 24.5 Å². The second kappa shape index (κ2) is 18.9. The van der Waals surface area contributed by atoms with Gasteiger partial charge in [-0.15, -0.1) is 0 Å². The first-order valence-electron chi connectivity index (χ1n) is 17.7. The van der Waals surface area contributed by atoms with Crippen LogP contribution < -0.4 is 32.3 Å². The minimum atomic E-state index is -1.21. The lowest BCUT2D eigenvalue weighted by atomic mass is 10.0. The number of nitrogens with zero attached hydrogens (tertiary/aromatic N) is 4. The molecule has 0 aromatic carbocycles. The van der Waals surface area contributed by atoms with Crippen LogP contribution in [0.3, 0.4) is 0 Å². The zero-order valence-corrected chi connectivity index (χ0v) is 28.6.